The lowest BCUT2D eigenvalue weighted by atomic mass is 10.00. The topological polar surface area (TPSA) is 155 Å². The van der Waals surface area contributed by atoms with Crippen LogP contribution in [-0.4, -0.2) is 52.9 Å². The molecule has 0 saturated heterocycles. The smallest absolute Gasteiger partial charge is 0.408 e. The molecule has 4 N–H and O–H groups in total. The molecule has 10 nitrogen and oxygen atoms in total. The lowest BCUT2D eigenvalue weighted by molar-refractivity contribution is -0.142. The maximum absolute atomic E-state index is 13.6. The first-order valence-corrected chi connectivity index (χ1v) is 11.1. The maximum atomic E-state index is 13.6. The van der Waals surface area contributed by atoms with E-state index in [1.54, 1.807) is 58.9 Å². The molecule has 0 radical (unpaired) electrons. The highest BCUT2D eigenvalue weighted by Gasteiger charge is 2.36. The van der Waals surface area contributed by atoms with Gasteiger partial charge in [-0.2, -0.15) is 5.26 Å². The van der Waals surface area contributed by atoms with E-state index in [1.165, 1.54) is 0 Å². The number of nitrogens with one attached hydrogen (secondary N) is 2. The predicted octanol–water partition coefficient (Wildman–Crippen LogP) is 1.74. The largest absolute Gasteiger partial charge is 0.444 e. The van der Waals surface area contributed by atoms with Gasteiger partial charge in [-0.25, -0.2) is 4.79 Å². The second kappa shape index (κ2) is 13.0. The molecule has 0 heterocycles. The van der Waals surface area contributed by atoms with Gasteiger partial charge in [0, 0.05) is 18.0 Å². The molecule has 0 spiro atoms. The van der Waals surface area contributed by atoms with E-state index in [1.807, 2.05) is 6.07 Å². The number of hydrogen-bond donors (Lipinski definition) is 3. The Kier molecular flexibility index (Phi) is 10.8. The highest BCUT2D eigenvalue weighted by atomic mass is 16.6. The molecule has 0 aliphatic rings. The lowest BCUT2D eigenvalue weighted by Gasteiger charge is -2.33. The number of nitrogens with zero attached hydrogens (tertiary/aromatic N) is 2. The zero-order chi connectivity index (χ0) is 26.8. The lowest BCUT2D eigenvalue weighted by Crippen LogP contribution is -2.53. The van der Waals surface area contributed by atoms with Gasteiger partial charge < -0.3 is 26.0 Å². The first kappa shape index (κ1) is 29.0. The van der Waals surface area contributed by atoms with Gasteiger partial charge in [-0.15, -0.1) is 6.42 Å². The minimum absolute atomic E-state index is 0.149. The van der Waals surface area contributed by atoms with Gasteiger partial charge in [0.05, 0.1) is 6.07 Å². The molecule has 0 aromatic heterocycles. The number of ether oxygens (including phenoxy) is 1. The van der Waals surface area contributed by atoms with Crippen molar-refractivity contribution in [2.24, 2.45) is 5.73 Å². The average molecular weight is 484 g/mol. The first-order chi connectivity index (χ1) is 16.3. The van der Waals surface area contributed by atoms with Gasteiger partial charge in [0.1, 0.15) is 24.2 Å². The Hall–Kier alpha value is -4.05. The summed E-state index contributed by atoms with van der Waals surface area (Å²) in [6.45, 7) is 8.01. The van der Waals surface area contributed by atoms with Crippen molar-refractivity contribution in [1.29, 1.82) is 5.26 Å². The molecule has 0 bridgehead atoms. The monoisotopic (exact) mass is 483 g/mol. The van der Waals surface area contributed by atoms with Crippen molar-refractivity contribution < 1.29 is 23.9 Å². The number of benzene rings is 1. The van der Waals surface area contributed by atoms with Crippen molar-refractivity contribution in [1.82, 2.24) is 15.5 Å². The molecular weight excluding hydrogens is 450 g/mol. The van der Waals surface area contributed by atoms with Crippen LogP contribution in [0.4, 0.5) is 4.79 Å². The van der Waals surface area contributed by atoms with Crippen molar-refractivity contribution >= 4 is 23.8 Å². The zero-order valence-corrected chi connectivity index (χ0v) is 20.8. The van der Waals surface area contributed by atoms with Crippen LogP contribution in [0.15, 0.2) is 24.3 Å². The maximum Gasteiger partial charge on any atom is 0.408 e. The fourth-order valence-corrected chi connectivity index (χ4v) is 3.16. The van der Waals surface area contributed by atoms with Crippen LogP contribution >= 0.6 is 0 Å². The molecule has 10 heteroatoms. The molecule has 2 atom stereocenters. The molecule has 35 heavy (non-hydrogen) atoms. The number of carbonyl (C=O) groups excluding carboxylic acids is 4. The number of alkyl carbamates (subject to hydrolysis) is 1. The second-order valence-electron chi connectivity index (χ2n) is 9.16. The Balaban J connectivity index is 3.45. The fourth-order valence-electron chi connectivity index (χ4n) is 3.16. The van der Waals surface area contributed by atoms with E-state index in [2.05, 4.69) is 16.6 Å². The number of nitriles is 1. The van der Waals surface area contributed by atoms with Gasteiger partial charge in [-0.05, 0) is 58.7 Å². The normalized spacial score (nSPS) is 12.5. The molecule has 4 amide bonds. The molecule has 188 valence electrons. The van der Waals surface area contributed by atoms with Gasteiger partial charge in [-0.1, -0.05) is 18.1 Å². The van der Waals surface area contributed by atoms with E-state index in [9.17, 15) is 24.4 Å². The third-order valence-corrected chi connectivity index (χ3v) is 4.58. The standard InChI is InChI=1S/C25H33N5O5/c1-7-17-8-10-18(11-9-17)21(22(32)28-16(2)3)30(15-14-26)23(33)19(12-13-20(27)31)29-24(34)35-25(4,5)6/h1,8-11,16,19,21H,12-13,15H2,2-6H3,(H2,27,31)(H,28,32)(H,29,34). The van der Waals surface area contributed by atoms with Gasteiger partial charge in [-0.3, -0.25) is 14.4 Å². The van der Waals surface area contributed by atoms with E-state index in [0.29, 0.717) is 11.1 Å². The summed E-state index contributed by atoms with van der Waals surface area (Å²) in [6.07, 6.45) is 4.16. The van der Waals surface area contributed by atoms with Gasteiger partial charge >= 0.3 is 6.09 Å². The van der Waals surface area contributed by atoms with Crippen LogP contribution in [0.5, 0.6) is 0 Å². The van der Waals surface area contributed by atoms with E-state index in [-0.39, 0.29) is 18.9 Å². The van der Waals surface area contributed by atoms with E-state index in [4.69, 9.17) is 16.9 Å². The Morgan fingerprint density at radius 1 is 1.14 bits per heavy atom. The van der Waals surface area contributed by atoms with Crippen LogP contribution in [0.2, 0.25) is 0 Å². The third kappa shape index (κ3) is 9.76. The van der Waals surface area contributed by atoms with E-state index in [0.717, 1.165) is 4.90 Å². The molecule has 1 aromatic carbocycles. The number of rotatable bonds is 10. The third-order valence-electron chi connectivity index (χ3n) is 4.58. The summed E-state index contributed by atoms with van der Waals surface area (Å²) < 4.78 is 5.24. The van der Waals surface area contributed by atoms with Crippen LogP contribution in [0, 0.1) is 23.7 Å². The highest BCUT2D eigenvalue weighted by Crippen LogP contribution is 2.24. The van der Waals surface area contributed by atoms with E-state index < -0.39 is 48.0 Å². The summed E-state index contributed by atoms with van der Waals surface area (Å²) in [4.78, 5) is 51.7. The minimum atomic E-state index is -1.27. The molecule has 0 aliphatic carbocycles. The van der Waals surface area contributed by atoms with Crippen LogP contribution in [0.1, 0.15) is 64.6 Å². The van der Waals surface area contributed by atoms with Crippen LogP contribution < -0.4 is 16.4 Å². The molecule has 0 aliphatic heterocycles. The van der Waals surface area contributed by atoms with Gasteiger partial charge in [0.25, 0.3) is 0 Å². The van der Waals surface area contributed by atoms with Crippen molar-refractivity contribution in [3.63, 3.8) is 0 Å². The van der Waals surface area contributed by atoms with Crippen LogP contribution in [0.3, 0.4) is 0 Å². The minimum Gasteiger partial charge on any atom is -0.444 e. The Bertz CT molecular complexity index is 999. The van der Waals surface area contributed by atoms with Crippen molar-refractivity contribution in [2.45, 2.75) is 71.2 Å². The quantitative estimate of drug-likeness (QED) is 0.340. The summed E-state index contributed by atoms with van der Waals surface area (Å²) in [6, 6.07) is 5.59. The van der Waals surface area contributed by atoms with Crippen LogP contribution in [-0.2, 0) is 19.1 Å². The molecule has 2 unspecified atom stereocenters. The van der Waals surface area contributed by atoms with Crippen molar-refractivity contribution in [3.8, 4) is 18.4 Å². The van der Waals surface area contributed by atoms with Crippen molar-refractivity contribution in [3.05, 3.63) is 35.4 Å². The number of amides is 4. The van der Waals surface area contributed by atoms with Crippen LogP contribution in [0.25, 0.3) is 0 Å². The Labute approximate surface area is 206 Å². The Morgan fingerprint density at radius 3 is 2.20 bits per heavy atom. The second-order valence-corrected chi connectivity index (χ2v) is 9.16. The molecule has 0 fully saturated rings. The number of hydrogen-bond acceptors (Lipinski definition) is 6. The number of carbonyl (C=O) groups is 4. The number of nitrogens with two attached hydrogens (primary N) is 1. The summed E-state index contributed by atoms with van der Waals surface area (Å²) >= 11 is 0. The summed E-state index contributed by atoms with van der Waals surface area (Å²) in [5, 5.41) is 14.7. The highest BCUT2D eigenvalue weighted by molar-refractivity contribution is 5.92. The SMILES string of the molecule is C#Cc1ccc(C(C(=O)NC(C)C)N(CC#N)C(=O)C(CCC(N)=O)NC(=O)OC(C)(C)C)cc1. The predicted molar refractivity (Wildman–Crippen MR) is 129 cm³/mol. The Morgan fingerprint density at radius 2 is 1.74 bits per heavy atom. The number of terminal acetylenes is 1. The summed E-state index contributed by atoms with van der Waals surface area (Å²) in [7, 11) is 0. The zero-order valence-electron chi connectivity index (χ0n) is 20.8. The molecule has 1 aromatic rings. The van der Waals surface area contributed by atoms with E-state index >= 15 is 0 Å². The van der Waals surface area contributed by atoms with Gasteiger partial charge in [0.2, 0.25) is 17.7 Å². The summed E-state index contributed by atoms with van der Waals surface area (Å²) in [5.74, 6) is 0.526. The molecule has 1 rings (SSSR count). The number of primary amides is 1. The first-order valence-electron chi connectivity index (χ1n) is 11.1. The molecule has 0 saturated carbocycles. The van der Waals surface area contributed by atoms with Gasteiger partial charge in [0.15, 0.2) is 0 Å². The van der Waals surface area contributed by atoms with Crippen molar-refractivity contribution in [2.75, 3.05) is 6.54 Å². The fraction of sp³-hybridized carbons (Fsp3) is 0.480. The summed E-state index contributed by atoms with van der Waals surface area (Å²) in [5.41, 5.74) is 5.39. The average Bonchev–Trinajstić information content (AvgIpc) is 2.74. The molecular formula is C25H33N5O5.